The SMILES string of the molecule is c1ccc(C2C3=C(CCCC3)Nc3nnnn32)cc1. The molecule has 0 fully saturated rings. The van der Waals surface area contributed by atoms with Crippen molar-refractivity contribution in [3.63, 3.8) is 0 Å². The number of nitrogens with zero attached hydrogens (tertiary/aromatic N) is 4. The molecule has 2 aliphatic rings. The Balaban J connectivity index is 1.88. The van der Waals surface area contributed by atoms with E-state index in [9.17, 15) is 0 Å². The second-order valence-electron chi connectivity index (χ2n) is 5.10. The summed E-state index contributed by atoms with van der Waals surface area (Å²) < 4.78 is 1.90. The molecule has 1 aromatic heterocycles. The second-order valence-corrected chi connectivity index (χ2v) is 5.10. The van der Waals surface area contributed by atoms with Crippen LogP contribution < -0.4 is 5.32 Å². The first-order chi connectivity index (χ1) is 9.43. The molecule has 1 aliphatic heterocycles. The molecule has 96 valence electrons. The van der Waals surface area contributed by atoms with Crippen LogP contribution in [0.2, 0.25) is 0 Å². The van der Waals surface area contributed by atoms with E-state index >= 15 is 0 Å². The van der Waals surface area contributed by atoms with Crippen LogP contribution in [0, 0.1) is 0 Å². The highest BCUT2D eigenvalue weighted by molar-refractivity contribution is 5.47. The normalized spacial score (nSPS) is 21.6. The minimum Gasteiger partial charge on any atom is -0.327 e. The van der Waals surface area contributed by atoms with Crippen molar-refractivity contribution in [1.82, 2.24) is 20.2 Å². The van der Waals surface area contributed by atoms with Gasteiger partial charge in [-0.3, -0.25) is 0 Å². The van der Waals surface area contributed by atoms with Crippen molar-refractivity contribution in [2.24, 2.45) is 0 Å². The van der Waals surface area contributed by atoms with Crippen LogP contribution >= 0.6 is 0 Å². The Kier molecular flexibility index (Phi) is 2.36. The van der Waals surface area contributed by atoms with Gasteiger partial charge < -0.3 is 5.32 Å². The molecule has 1 aliphatic carbocycles. The van der Waals surface area contributed by atoms with Crippen molar-refractivity contribution in [3.8, 4) is 0 Å². The number of benzene rings is 1. The van der Waals surface area contributed by atoms with E-state index in [4.69, 9.17) is 0 Å². The Bertz CT molecular complexity index is 628. The fraction of sp³-hybridized carbons (Fsp3) is 0.357. The minimum atomic E-state index is 0.155. The standard InChI is InChI=1S/C14H15N5/c1-2-6-10(7-3-1)13-11-8-4-5-9-12(11)15-14-16-17-18-19(13)14/h1-3,6-7,13H,4-5,8-9H2,(H,15,16,18). The molecule has 5 heteroatoms. The van der Waals surface area contributed by atoms with Gasteiger partial charge >= 0.3 is 0 Å². The summed E-state index contributed by atoms with van der Waals surface area (Å²) in [6, 6.07) is 10.7. The maximum absolute atomic E-state index is 4.16. The van der Waals surface area contributed by atoms with Crippen LogP contribution in [-0.4, -0.2) is 20.2 Å². The molecular formula is C14H15N5. The quantitative estimate of drug-likeness (QED) is 0.848. The number of allylic oxidation sites excluding steroid dienone is 2. The van der Waals surface area contributed by atoms with Crippen LogP contribution in [0.5, 0.6) is 0 Å². The summed E-state index contributed by atoms with van der Waals surface area (Å²) in [6.45, 7) is 0. The third-order valence-electron chi connectivity index (χ3n) is 3.96. The van der Waals surface area contributed by atoms with Gasteiger partial charge in [0.15, 0.2) is 0 Å². The van der Waals surface area contributed by atoms with E-state index in [0.717, 1.165) is 18.8 Å². The van der Waals surface area contributed by atoms with Gasteiger partial charge in [0, 0.05) is 5.70 Å². The number of aromatic nitrogens is 4. The molecule has 0 bridgehead atoms. The number of nitrogens with one attached hydrogen (secondary N) is 1. The Morgan fingerprint density at radius 2 is 1.95 bits per heavy atom. The first-order valence-corrected chi connectivity index (χ1v) is 6.75. The van der Waals surface area contributed by atoms with Crippen LogP contribution in [-0.2, 0) is 0 Å². The van der Waals surface area contributed by atoms with E-state index in [1.165, 1.54) is 29.7 Å². The first kappa shape index (κ1) is 10.7. The topological polar surface area (TPSA) is 55.6 Å². The number of hydrogen-bond acceptors (Lipinski definition) is 4. The fourth-order valence-electron chi connectivity index (χ4n) is 3.08. The first-order valence-electron chi connectivity index (χ1n) is 6.75. The van der Waals surface area contributed by atoms with Gasteiger partial charge in [-0.25, -0.2) is 0 Å². The Morgan fingerprint density at radius 1 is 1.11 bits per heavy atom. The van der Waals surface area contributed by atoms with Crippen molar-refractivity contribution < 1.29 is 0 Å². The number of anilines is 1. The molecule has 1 unspecified atom stereocenters. The summed E-state index contributed by atoms with van der Waals surface area (Å²) in [6.07, 6.45) is 4.73. The lowest BCUT2D eigenvalue weighted by atomic mass is 9.86. The molecule has 1 N–H and O–H groups in total. The molecule has 0 saturated heterocycles. The van der Waals surface area contributed by atoms with Crippen molar-refractivity contribution in [2.75, 3.05) is 5.32 Å². The van der Waals surface area contributed by atoms with Gasteiger partial charge in [0.1, 0.15) is 6.04 Å². The van der Waals surface area contributed by atoms with Gasteiger partial charge in [-0.15, -0.1) is 0 Å². The van der Waals surface area contributed by atoms with E-state index in [-0.39, 0.29) is 6.04 Å². The predicted molar refractivity (Wildman–Crippen MR) is 71.5 cm³/mol. The van der Waals surface area contributed by atoms with Gasteiger partial charge in [0.2, 0.25) is 5.95 Å². The average molecular weight is 253 g/mol. The van der Waals surface area contributed by atoms with Crippen molar-refractivity contribution in [1.29, 1.82) is 0 Å². The monoisotopic (exact) mass is 253 g/mol. The zero-order chi connectivity index (χ0) is 12.7. The van der Waals surface area contributed by atoms with Crippen molar-refractivity contribution in [2.45, 2.75) is 31.7 Å². The second kappa shape index (κ2) is 4.19. The Morgan fingerprint density at radius 3 is 2.84 bits per heavy atom. The summed E-state index contributed by atoms with van der Waals surface area (Å²) in [5.74, 6) is 0.759. The summed E-state index contributed by atoms with van der Waals surface area (Å²) in [7, 11) is 0. The molecule has 0 spiro atoms. The molecule has 0 radical (unpaired) electrons. The molecule has 4 rings (SSSR count). The highest BCUT2D eigenvalue weighted by atomic mass is 15.6. The van der Waals surface area contributed by atoms with Gasteiger partial charge in [-0.05, 0) is 47.2 Å². The number of hydrogen-bond donors (Lipinski definition) is 1. The summed E-state index contributed by atoms with van der Waals surface area (Å²) >= 11 is 0. The van der Waals surface area contributed by atoms with Gasteiger partial charge in [0.05, 0.1) is 0 Å². The molecule has 5 nitrogen and oxygen atoms in total. The Labute approximate surface area is 111 Å². The molecule has 0 saturated carbocycles. The summed E-state index contributed by atoms with van der Waals surface area (Å²) in [4.78, 5) is 0. The average Bonchev–Trinajstić information content (AvgIpc) is 2.93. The summed E-state index contributed by atoms with van der Waals surface area (Å²) in [5.41, 5.74) is 4.02. The molecular weight excluding hydrogens is 238 g/mol. The van der Waals surface area contributed by atoms with E-state index in [1.54, 1.807) is 0 Å². The summed E-state index contributed by atoms with van der Waals surface area (Å²) in [5, 5.41) is 15.4. The van der Waals surface area contributed by atoms with Crippen LogP contribution in [0.3, 0.4) is 0 Å². The molecule has 1 aromatic carbocycles. The van der Waals surface area contributed by atoms with Gasteiger partial charge in [-0.2, -0.15) is 4.68 Å². The molecule has 2 heterocycles. The molecule has 2 aromatic rings. The molecule has 19 heavy (non-hydrogen) atoms. The zero-order valence-corrected chi connectivity index (χ0v) is 10.6. The highest BCUT2D eigenvalue weighted by Gasteiger charge is 2.31. The number of fused-ring (bicyclic) bond motifs is 1. The maximum Gasteiger partial charge on any atom is 0.248 e. The van der Waals surface area contributed by atoms with E-state index in [2.05, 4.69) is 45.1 Å². The smallest absolute Gasteiger partial charge is 0.248 e. The minimum absolute atomic E-state index is 0.155. The number of tetrazole rings is 1. The van der Waals surface area contributed by atoms with Crippen LogP contribution in [0.1, 0.15) is 37.3 Å². The van der Waals surface area contributed by atoms with Crippen LogP contribution in [0.4, 0.5) is 5.95 Å². The Hall–Kier alpha value is -2.17. The molecule has 1 atom stereocenters. The van der Waals surface area contributed by atoms with Crippen molar-refractivity contribution in [3.05, 3.63) is 47.2 Å². The zero-order valence-electron chi connectivity index (χ0n) is 10.6. The largest absolute Gasteiger partial charge is 0.327 e. The number of rotatable bonds is 1. The van der Waals surface area contributed by atoms with E-state index < -0.39 is 0 Å². The van der Waals surface area contributed by atoms with Crippen LogP contribution in [0.15, 0.2) is 41.6 Å². The van der Waals surface area contributed by atoms with E-state index in [1.807, 2.05) is 10.7 Å². The van der Waals surface area contributed by atoms with Gasteiger partial charge in [-0.1, -0.05) is 35.4 Å². The lowest BCUT2D eigenvalue weighted by molar-refractivity contribution is 0.506. The van der Waals surface area contributed by atoms with Crippen LogP contribution in [0.25, 0.3) is 0 Å². The predicted octanol–water partition coefficient (Wildman–Crippen LogP) is 2.52. The van der Waals surface area contributed by atoms with E-state index in [0.29, 0.717) is 0 Å². The molecule has 0 amide bonds. The lowest BCUT2D eigenvalue weighted by Crippen LogP contribution is -2.27. The lowest BCUT2D eigenvalue weighted by Gasteiger charge is -2.32. The highest BCUT2D eigenvalue weighted by Crippen LogP contribution is 2.40. The third kappa shape index (κ3) is 1.65. The maximum atomic E-state index is 4.16. The fourth-order valence-corrected chi connectivity index (χ4v) is 3.08. The van der Waals surface area contributed by atoms with Gasteiger partial charge in [0.25, 0.3) is 0 Å². The third-order valence-corrected chi connectivity index (χ3v) is 3.96. The van der Waals surface area contributed by atoms with Crippen molar-refractivity contribution >= 4 is 5.95 Å².